The fraction of sp³-hybridized carbons (Fsp3) is 0.684. The Morgan fingerprint density at radius 3 is 2.07 bits per heavy atom. The van der Waals surface area contributed by atoms with E-state index in [1.54, 1.807) is 18.5 Å². The lowest BCUT2D eigenvalue weighted by Gasteiger charge is -2.39. The SMILES string of the molecule is O=C([C@H]1CNC[C@H](C(=O)N2CCN(c3ncccn3)CC2)C1)N1CCOCC1. The van der Waals surface area contributed by atoms with Crippen LogP contribution in [0.5, 0.6) is 0 Å². The van der Waals surface area contributed by atoms with Gasteiger partial charge in [-0.1, -0.05) is 0 Å². The number of amides is 2. The third kappa shape index (κ3) is 4.25. The molecule has 2 atom stereocenters. The summed E-state index contributed by atoms with van der Waals surface area (Å²) in [6.07, 6.45) is 4.10. The largest absolute Gasteiger partial charge is 0.378 e. The second-order valence-corrected chi connectivity index (χ2v) is 7.59. The molecule has 152 valence electrons. The zero-order chi connectivity index (χ0) is 19.3. The molecule has 0 saturated carbocycles. The first-order chi connectivity index (χ1) is 13.7. The van der Waals surface area contributed by atoms with Crippen LogP contribution in [0.3, 0.4) is 0 Å². The van der Waals surface area contributed by atoms with Crippen molar-refractivity contribution in [2.24, 2.45) is 11.8 Å². The summed E-state index contributed by atoms with van der Waals surface area (Å²) in [6, 6.07) is 1.80. The molecule has 9 nitrogen and oxygen atoms in total. The van der Waals surface area contributed by atoms with Crippen molar-refractivity contribution in [1.29, 1.82) is 0 Å². The number of nitrogens with zero attached hydrogens (tertiary/aromatic N) is 5. The van der Waals surface area contributed by atoms with Crippen LogP contribution >= 0.6 is 0 Å². The zero-order valence-corrected chi connectivity index (χ0v) is 16.1. The van der Waals surface area contributed by atoms with Gasteiger partial charge in [0.1, 0.15) is 0 Å². The van der Waals surface area contributed by atoms with Gasteiger partial charge in [0.05, 0.1) is 25.0 Å². The quantitative estimate of drug-likeness (QED) is 0.726. The van der Waals surface area contributed by atoms with Crippen LogP contribution in [-0.2, 0) is 14.3 Å². The maximum Gasteiger partial charge on any atom is 0.227 e. The first-order valence-electron chi connectivity index (χ1n) is 10.1. The fourth-order valence-corrected chi connectivity index (χ4v) is 4.20. The van der Waals surface area contributed by atoms with Crippen LogP contribution in [0.1, 0.15) is 6.42 Å². The number of anilines is 1. The van der Waals surface area contributed by atoms with E-state index in [4.69, 9.17) is 4.74 Å². The van der Waals surface area contributed by atoms with E-state index in [1.165, 1.54) is 0 Å². The highest BCUT2D eigenvalue weighted by Gasteiger charge is 2.36. The standard InChI is InChI=1S/C19H28N6O3/c26-17(23-4-6-25(7-5-23)19-21-2-1-3-22-19)15-12-16(14-20-13-15)18(27)24-8-10-28-11-9-24/h1-3,15-16,20H,4-14H2/t15-,16-/m1/s1. The van der Waals surface area contributed by atoms with E-state index < -0.39 is 0 Å². The average molecular weight is 388 g/mol. The molecule has 3 saturated heterocycles. The Hall–Kier alpha value is -2.26. The molecular weight excluding hydrogens is 360 g/mol. The minimum absolute atomic E-state index is 0.125. The minimum atomic E-state index is -0.136. The minimum Gasteiger partial charge on any atom is -0.378 e. The number of piperidine rings is 1. The second-order valence-electron chi connectivity index (χ2n) is 7.59. The maximum atomic E-state index is 13.0. The van der Waals surface area contributed by atoms with Gasteiger partial charge >= 0.3 is 0 Å². The third-order valence-corrected chi connectivity index (χ3v) is 5.80. The predicted molar refractivity (Wildman–Crippen MR) is 103 cm³/mol. The van der Waals surface area contributed by atoms with E-state index in [1.807, 2.05) is 9.80 Å². The molecule has 3 aliphatic heterocycles. The fourth-order valence-electron chi connectivity index (χ4n) is 4.20. The topological polar surface area (TPSA) is 90.9 Å². The highest BCUT2D eigenvalue weighted by Crippen LogP contribution is 2.22. The maximum absolute atomic E-state index is 13.0. The van der Waals surface area contributed by atoms with Gasteiger partial charge in [0.2, 0.25) is 17.8 Å². The summed E-state index contributed by atoms with van der Waals surface area (Å²) in [5.74, 6) is 0.758. The number of carbonyl (C=O) groups excluding carboxylic acids is 2. The summed E-state index contributed by atoms with van der Waals surface area (Å²) in [5.41, 5.74) is 0. The van der Waals surface area contributed by atoms with Gasteiger partial charge in [-0.2, -0.15) is 0 Å². The molecule has 0 aliphatic carbocycles. The predicted octanol–water partition coefficient (Wildman–Crippen LogP) is -0.790. The number of hydrogen-bond donors (Lipinski definition) is 1. The van der Waals surface area contributed by atoms with Gasteiger partial charge in [0.25, 0.3) is 0 Å². The van der Waals surface area contributed by atoms with Gasteiger partial charge in [-0.3, -0.25) is 9.59 Å². The Kier molecular flexibility index (Phi) is 6.01. The Labute approximate surface area is 165 Å². The number of rotatable bonds is 3. The number of piperazine rings is 1. The number of morpholine rings is 1. The molecule has 1 aromatic rings. The first kappa shape index (κ1) is 19.1. The van der Waals surface area contributed by atoms with Crippen molar-refractivity contribution in [2.45, 2.75) is 6.42 Å². The summed E-state index contributed by atoms with van der Waals surface area (Å²) in [5, 5.41) is 3.30. The summed E-state index contributed by atoms with van der Waals surface area (Å²) in [4.78, 5) is 40.3. The highest BCUT2D eigenvalue weighted by molar-refractivity contribution is 5.83. The Morgan fingerprint density at radius 1 is 0.893 bits per heavy atom. The normalized spacial score (nSPS) is 26.2. The van der Waals surface area contributed by atoms with Gasteiger partial charge in [0, 0.05) is 64.8 Å². The van der Waals surface area contributed by atoms with Crippen molar-refractivity contribution in [3.05, 3.63) is 18.5 Å². The number of carbonyl (C=O) groups is 2. The molecule has 4 heterocycles. The van der Waals surface area contributed by atoms with Crippen LogP contribution < -0.4 is 10.2 Å². The number of aromatic nitrogens is 2. The van der Waals surface area contributed by atoms with Crippen molar-refractivity contribution in [3.8, 4) is 0 Å². The average Bonchev–Trinajstić information content (AvgIpc) is 2.79. The number of nitrogens with one attached hydrogen (secondary N) is 1. The number of ether oxygens (including phenoxy) is 1. The monoisotopic (exact) mass is 388 g/mol. The van der Waals surface area contributed by atoms with Gasteiger partial charge in [-0.25, -0.2) is 9.97 Å². The smallest absolute Gasteiger partial charge is 0.227 e. The van der Waals surface area contributed by atoms with Crippen molar-refractivity contribution in [2.75, 3.05) is 70.5 Å². The molecule has 0 bridgehead atoms. The Bertz CT molecular complexity index is 674. The van der Waals surface area contributed by atoms with Crippen LogP contribution in [0.15, 0.2) is 18.5 Å². The van der Waals surface area contributed by atoms with Crippen molar-refractivity contribution in [1.82, 2.24) is 25.1 Å². The van der Waals surface area contributed by atoms with E-state index >= 15 is 0 Å². The molecule has 28 heavy (non-hydrogen) atoms. The molecule has 0 aromatic carbocycles. The van der Waals surface area contributed by atoms with Crippen molar-refractivity contribution >= 4 is 17.8 Å². The summed E-state index contributed by atoms with van der Waals surface area (Å²) in [6.45, 7) is 6.58. The first-order valence-corrected chi connectivity index (χ1v) is 10.1. The van der Waals surface area contributed by atoms with Crippen LogP contribution in [0.4, 0.5) is 5.95 Å². The van der Waals surface area contributed by atoms with Gasteiger partial charge in [-0.05, 0) is 12.5 Å². The van der Waals surface area contributed by atoms with Crippen LogP contribution in [0.2, 0.25) is 0 Å². The van der Waals surface area contributed by atoms with E-state index in [-0.39, 0.29) is 23.7 Å². The van der Waals surface area contributed by atoms with Gasteiger partial charge < -0.3 is 24.8 Å². The van der Waals surface area contributed by atoms with E-state index in [2.05, 4.69) is 20.2 Å². The molecule has 0 unspecified atom stereocenters. The van der Waals surface area contributed by atoms with Crippen molar-refractivity contribution < 1.29 is 14.3 Å². The molecule has 0 spiro atoms. The lowest BCUT2D eigenvalue weighted by atomic mass is 9.88. The van der Waals surface area contributed by atoms with Crippen LogP contribution in [0, 0.1) is 11.8 Å². The lowest BCUT2D eigenvalue weighted by molar-refractivity contribution is -0.143. The Balaban J connectivity index is 1.30. The van der Waals surface area contributed by atoms with E-state index in [9.17, 15) is 9.59 Å². The third-order valence-electron chi connectivity index (χ3n) is 5.80. The molecule has 1 aromatic heterocycles. The molecule has 3 fully saturated rings. The highest BCUT2D eigenvalue weighted by atomic mass is 16.5. The summed E-state index contributed by atoms with van der Waals surface area (Å²) >= 11 is 0. The molecule has 0 radical (unpaired) electrons. The summed E-state index contributed by atoms with van der Waals surface area (Å²) in [7, 11) is 0. The van der Waals surface area contributed by atoms with E-state index in [0.29, 0.717) is 64.9 Å². The second kappa shape index (κ2) is 8.83. The van der Waals surface area contributed by atoms with E-state index in [0.717, 1.165) is 13.1 Å². The van der Waals surface area contributed by atoms with Gasteiger partial charge in [0.15, 0.2) is 0 Å². The lowest BCUT2D eigenvalue weighted by Crippen LogP contribution is -2.55. The number of hydrogen-bond acceptors (Lipinski definition) is 7. The zero-order valence-electron chi connectivity index (χ0n) is 16.1. The van der Waals surface area contributed by atoms with Crippen molar-refractivity contribution in [3.63, 3.8) is 0 Å². The molecule has 9 heteroatoms. The molecular formula is C19H28N6O3. The van der Waals surface area contributed by atoms with Gasteiger partial charge in [-0.15, -0.1) is 0 Å². The Morgan fingerprint density at radius 2 is 1.46 bits per heavy atom. The molecule has 3 aliphatic rings. The summed E-state index contributed by atoms with van der Waals surface area (Å²) < 4.78 is 5.33. The molecule has 4 rings (SSSR count). The molecule has 2 amide bonds. The van der Waals surface area contributed by atoms with Crippen LogP contribution in [-0.4, -0.2) is 97.2 Å². The molecule has 1 N–H and O–H groups in total. The van der Waals surface area contributed by atoms with Crippen LogP contribution in [0.25, 0.3) is 0 Å².